The lowest BCUT2D eigenvalue weighted by Gasteiger charge is -2.29. The van der Waals surface area contributed by atoms with E-state index in [9.17, 15) is 8.78 Å². The third kappa shape index (κ3) is 4.36. The molecule has 7 nitrogen and oxygen atoms in total. The van der Waals surface area contributed by atoms with Crippen molar-refractivity contribution in [3.63, 3.8) is 0 Å². The van der Waals surface area contributed by atoms with E-state index in [1.165, 1.54) is 24.3 Å². The molecule has 2 aromatic carbocycles. The largest absolute Gasteiger partial charge is 0.419 e. The maximum Gasteiger partial charge on any atom is 0.247 e. The molecule has 0 bridgehead atoms. The number of likely N-dealkylation sites (tertiary alicyclic amines) is 1. The van der Waals surface area contributed by atoms with Crippen LogP contribution in [-0.2, 0) is 6.54 Å². The Balaban J connectivity index is 1.25. The summed E-state index contributed by atoms with van der Waals surface area (Å²) in [4.78, 5) is 6.68. The molecule has 1 saturated heterocycles. The highest BCUT2D eigenvalue weighted by molar-refractivity contribution is 5.54. The van der Waals surface area contributed by atoms with E-state index in [1.807, 2.05) is 0 Å². The quantitative estimate of drug-likeness (QED) is 0.469. The minimum Gasteiger partial charge on any atom is -0.419 e. The lowest BCUT2D eigenvalue weighted by Crippen LogP contribution is -2.34. The van der Waals surface area contributed by atoms with Crippen LogP contribution in [0.1, 0.15) is 30.5 Å². The number of nitrogens with zero attached hydrogens (tertiary/aromatic N) is 5. The summed E-state index contributed by atoms with van der Waals surface area (Å²) < 4.78 is 37.8. The second-order valence-corrected chi connectivity index (χ2v) is 7.55. The van der Waals surface area contributed by atoms with Crippen LogP contribution >= 0.6 is 0 Å². The number of piperidine rings is 1. The van der Waals surface area contributed by atoms with Gasteiger partial charge < -0.3 is 8.94 Å². The van der Waals surface area contributed by atoms with Gasteiger partial charge in [-0.3, -0.25) is 4.90 Å². The minimum absolute atomic E-state index is 0.0723. The number of hydrogen-bond acceptors (Lipinski definition) is 7. The van der Waals surface area contributed by atoms with E-state index >= 15 is 0 Å². The molecular formula is C22H19F2N5O2. The molecule has 5 rings (SSSR count). The molecule has 0 amide bonds. The van der Waals surface area contributed by atoms with E-state index in [2.05, 4.69) is 25.2 Å². The van der Waals surface area contributed by atoms with Crippen LogP contribution in [-0.4, -0.2) is 38.3 Å². The molecule has 0 aliphatic carbocycles. The molecule has 158 valence electrons. The fraction of sp³-hybridized carbons (Fsp3) is 0.273. The Hall–Kier alpha value is -3.46. The molecule has 0 N–H and O–H groups in total. The molecule has 1 fully saturated rings. The second kappa shape index (κ2) is 8.35. The summed E-state index contributed by atoms with van der Waals surface area (Å²) >= 11 is 0. The summed E-state index contributed by atoms with van der Waals surface area (Å²) in [5, 5.41) is 12.2. The standard InChI is InChI=1S/C22H19F2N5O2/c23-17-8-6-14(7-9-17)22-27-26-19(30-22)13-29-10-2-4-16(12-29)21-25-20(28-31-21)15-3-1-5-18(24)11-15/h1,3,5-9,11,16H,2,4,10,12-13H2. The third-order valence-corrected chi connectivity index (χ3v) is 5.30. The number of aromatic nitrogens is 4. The molecule has 1 atom stereocenters. The fourth-order valence-corrected chi connectivity index (χ4v) is 3.76. The Kier molecular flexibility index (Phi) is 5.25. The van der Waals surface area contributed by atoms with E-state index in [1.54, 1.807) is 24.3 Å². The lowest BCUT2D eigenvalue weighted by molar-refractivity contribution is 0.167. The SMILES string of the molecule is Fc1ccc(-c2nnc(CN3CCCC(c4nc(-c5cccc(F)c5)no4)C3)o2)cc1. The molecule has 31 heavy (non-hydrogen) atoms. The van der Waals surface area contributed by atoms with Crippen molar-refractivity contribution in [3.8, 4) is 22.8 Å². The molecule has 4 aromatic rings. The average molecular weight is 423 g/mol. The van der Waals surface area contributed by atoms with Crippen molar-refractivity contribution in [3.05, 3.63) is 71.9 Å². The van der Waals surface area contributed by atoms with Crippen LogP contribution in [0.4, 0.5) is 8.78 Å². The van der Waals surface area contributed by atoms with Crippen molar-refractivity contribution in [1.82, 2.24) is 25.2 Å². The van der Waals surface area contributed by atoms with E-state index in [0.717, 1.165) is 19.4 Å². The van der Waals surface area contributed by atoms with Gasteiger partial charge in [-0.2, -0.15) is 4.98 Å². The first-order valence-electron chi connectivity index (χ1n) is 10.0. The Morgan fingerprint density at radius 1 is 1.00 bits per heavy atom. The molecule has 3 heterocycles. The number of rotatable bonds is 5. The van der Waals surface area contributed by atoms with Crippen LogP contribution in [0.2, 0.25) is 0 Å². The fourth-order valence-electron chi connectivity index (χ4n) is 3.76. The highest BCUT2D eigenvalue weighted by Gasteiger charge is 2.27. The minimum atomic E-state index is -0.341. The van der Waals surface area contributed by atoms with Gasteiger partial charge in [0.15, 0.2) is 0 Å². The molecule has 9 heteroatoms. The summed E-state index contributed by atoms with van der Waals surface area (Å²) in [6.07, 6.45) is 1.88. The third-order valence-electron chi connectivity index (χ3n) is 5.30. The maximum absolute atomic E-state index is 13.5. The van der Waals surface area contributed by atoms with Gasteiger partial charge >= 0.3 is 0 Å². The molecule has 0 radical (unpaired) electrons. The number of halogens is 2. The average Bonchev–Trinajstić information content (AvgIpc) is 3.45. The molecule has 0 saturated carbocycles. The first-order chi connectivity index (χ1) is 15.1. The van der Waals surface area contributed by atoms with E-state index < -0.39 is 0 Å². The highest BCUT2D eigenvalue weighted by atomic mass is 19.1. The summed E-state index contributed by atoms with van der Waals surface area (Å²) in [7, 11) is 0. The Morgan fingerprint density at radius 2 is 1.87 bits per heavy atom. The Bertz CT molecular complexity index is 1170. The molecule has 1 unspecified atom stereocenters. The van der Waals surface area contributed by atoms with Crippen LogP contribution < -0.4 is 0 Å². The van der Waals surface area contributed by atoms with Crippen molar-refractivity contribution in [2.45, 2.75) is 25.3 Å². The van der Waals surface area contributed by atoms with E-state index in [4.69, 9.17) is 8.94 Å². The first kappa shape index (κ1) is 19.5. The van der Waals surface area contributed by atoms with E-state index in [0.29, 0.717) is 47.7 Å². The van der Waals surface area contributed by atoms with Crippen LogP contribution in [0.15, 0.2) is 57.5 Å². The summed E-state index contributed by atoms with van der Waals surface area (Å²) in [6.45, 7) is 2.09. The van der Waals surface area contributed by atoms with Crippen molar-refractivity contribution in [2.24, 2.45) is 0 Å². The molecule has 0 spiro atoms. The number of hydrogen-bond donors (Lipinski definition) is 0. The highest BCUT2D eigenvalue weighted by Crippen LogP contribution is 2.29. The van der Waals surface area contributed by atoms with Crippen LogP contribution in [0.25, 0.3) is 22.8 Å². The monoisotopic (exact) mass is 423 g/mol. The maximum atomic E-state index is 13.5. The van der Waals surface area contributed by atoms with Crippen molar-refractivity contribution in [1.29, 1.82) is 0 Å². The van der Waals surface area contributed by atoms with Gasteiger partial charge in [0.1, 0.15) is 11.6 Å². The zero-order chi connectivity index (χ0) is 21.2. The van der Waals surface area contributed by atoms with Crippen LogP contribution in [0.3, 0.4) is 0 Å². The Morgan fingerprint density at radius 3 is 2.71 bits per heavy atom. The summed E-state index contributed by atoms with van der Waals surface area (Å²) in [5.41, 5.74) is 1.26. The summed E-state index contributed by atoms with van der Waals surface area (Å²) in [5.74, 6) is 1.19. The van der Waals surface area contributed by atoms with Crippen molar-refractivity contribution in [2.75, 3.05) is 13.1 Å². The molecule has 1 aliphatic heterocycles. The Labute approximate surface area is 176 Å². The van der Waals surface area contributed by atoms with Crippen molar-refractivity contribution < 1.29 is 17.7 Å². The van der Waals surface area contributed by atoms with Gasteiger partial charge in [0, 0.05) is 17.7 Å². The predicted octanol–water partition coefficient (Wildman–Crippen LogP) is 4.44. The lowest BCUT2D eigenvalue weighted by atomic mass is 9.98. The zero-order valence-electron chi connectivity index (χ0n) is 16.5. The van der Waals surface area contributed by atoms with Crippen LogP contribution in [0, 0.1) is 11.6 Å². The molecule has 2 aromatic heterocycles. The van der Waals surface area contributed by atoms with Gasteiger partial charge in [-0.15, -0.1) is 10.2 Å². The smallest absolute Gasteiger partial charge is 0.247 e. The number of benzene rings is 2. The molecule has 1 aliphatic rings. The van der Waals surface area contributed by atoms with Gasteiger partial charge in [-0.25, -0.2) is 8.78 Å². The first-order valence-corrected chi connectivity index (χ1v) is 10.0. The van der Waals surface area contributed by atoms with Gasteiger partial charge in [-0.1, -0.05) is 17.3 Å². The van der Waals surface area contributed by atoms with Gasteiger partial charge in [-0.05, 0) is 55.8 Å². The zero-order valence-corrected chi connectivity index (χ0v) is 16.5. The van der Waals surface area contributed by atoms with Gasteiger partial charge in [0.2, 0.25) is 23.5 Å². The predicted molar refractivity (Wildman–Crippen MR) is 107 cm³/mol. The van der Waals surface area contributed by atoms with Gasteiger partial charge in [0.25, 0.3) is 0 Å². The topological polar surface area (TPSA) is 81.1 Å². The van der Waals surface area contributed by atoms with Gasteiger partial charge in [0.05, 0.1) is 12.5 Å². The summed E-state index contributed by atoms with van der Waals surface area (Å²) in [6, 6.07) is 12.1. The van der Waals surface area contributed by atoms with E-state index in [-0.39, 0.29) is 17.6 Å². The normalized spacial score (nSPS) is 17.2. The van der Waals surface area contributed by atoms with Crippen molar-refractivity contribution >= 4 is 0 Å². The van der Waals surface area contributed by atoms with Crippen LogP contribution in [0.5, 0.6) is 0 Å². The molecular weight excluding hydrogens is 404 g/mol. The second-order valence-electron chi connectivity index (χ2n) is 7.55.